The number of esters is 1. The molecule has 0 fully saturated rings. The number of halogens is 1. The zero-order valence-corrected chi connectivity index (χ0v) is 20.2. The van der Waals surface area contributed by atoms with E-state index in [2.05, 4.69) is 6.58 Å². The van der Waals surface area contributed by atoms with Gasteiger partial charge in [-0.25, -0.2) is 13.2 Å². The van der Waals surface area contributed by atoms with Crippen LogP contribution < -0.4 is 9.04 Å². The van der Waals surface area contributed by atoms with Crippen molar-refractivity contribution in [1.82, 2.24) is 0 Å². The largest absolute Gasteiger partial charge is 0.423 e. The van der Waals surface area contributed by atoms with Crippen LogP contribution in [-0.2, 0) is 21.2 Å². The van der Waals surface area contributed by atoms with Gasteiger partial charge in [0.25, 0.3) is 10.0 Å². The van der Waals surface area contributed by atoms with Gasteiger partial charge in [0, 0.05) is 11.4 Å². The first kappa shape index (κ1) is 25.2. The van der Waals surface area contributed by atoms with E-state index in [0.29, 0.717) is 29.3 Å². The predicted molar refractivity (Wildman–Crippen MR) is 133 cm³/mol. The fourth-order valence-corrected chi connectivity index (χ4v) is 4.80. The molecule has 0 unspecified atom stereocenters. The number of aryl methyl sites for hydroxylation is 1. The van der Waals surface area contributed by atoms with Gasteiger partial charge in [0.05, 0.1) is 22.7 Å². The van der Waals surface area contributed by atoms with Crippen molar-refractivity contribution in [3.8, 4) is 5.75 Å². The van der Waals surface area contributed by atoms with E-state index in [-0.39, 0.29) is 22.8 Å². The van der Waals surface area contributed by atoms with Crippen LogP contribution in [0.5, 0.6) is 5.75 Å². The van der Waals surface area contributed by atoms with Gasteiger partial charge in [0.2, 0.25) is 0 Å². The molecule has 0 N–H and O–H groups in total. The molecule has 0 atom stereocenters. The standard InChI is InChI=1S/C26H24ClNO5S/c1-3-17-28(23-13-11-22(27)12-14-23)34(31,32)25-6-4-5-21(18-25)26(30)33-24-15-9-20(10-16-24)8-7-19(2)29/h3-6,9-16,18H,1,7-8,17H2,2H3. The molecule has 0 aromatic heterocycles. The number of benzene rings is 3. The number of rotatable bonds is 10. The Kier molecular flexibility index (Phi) is 8.26. The van der Waals surface area contributed by atoms with Crippen molar-refractivity contribution >= 4 is 39.1 Å². The summed E-state index contributed by atoms with van der Waals surface area (Å²) in [5.41, 5.74) is 1.46. The number of hydrogen-bond acceptors (Lipinski definition) is 5. The van der Waals surface area contributed by atoms with E-state index < -0.39 is 16.0 Å². The van der Waals surface area contributed by atoms with Crippen molar-refractivity contribution in [2.24, 2.45) is 0 Å². The Morgan fingerprint density at radius 2 is 1.71 bits per heavy atom. The van der Waals surface area contributed by atoms with Gasteiger partial charge in [-0.05, 0) is 73.5 Å². The Labute approximate surface area is 204 Å². The van der Waals surface area contributed by atoms with E-state index in [1.54, 1.807) is 48.5 Å². The summed E-state index contributed by atoms with van der Waals surface area (Å²) in [6, 6.07) is 18.9. The fourth-order valence-electron chi connectivity index (χ4n) is 3.19. The lowest BCUT2D eigenvalue weighted by Crippen LogP contribution is -2.31. The summed E-state index contributed by atoms with van der Waals surface area (Å²) in [7, 11) is -3.99. The van der Waals surface area contributed by atoms with Gasteiger partial charge in [-0.1, -0.05) is 35.9 Å². The van der Waals surface area contributed by atoms with Crippen LogP contribution in [0.2, 0.25) is 5.02 Å². The number of nitrogens with zero attached hydrogens (tertiary/aromatic N) is 1. The molecule has 0 heterocycles. The summed E-state index contributed by atoms with van der Waals surface area (Å²) in [6.45, 7) is 5.22. The van der Waals surface area contributed by atoms with Gasteiger partial charge in [0.1, 0.15) is 11.5 Å². The average molecular weight is 498 g/mol. The molecule has 0 spiro atoms. The van der Waals surface area contributed by atoms with E-state index in [4.69, 9.17) is 16.3 Å². The number of sulfonamides is 1. The maximum atomic E-state index is 13.4. The van der Waals surface area contributed by atoms with Crippen LogP contribution in [0.15, 0.2) is 90.3 Å². The molecule has 3 aromatic carbocycles. The summed E-state index contributed by atoms with van der Waals surface area (Å²) in [6.07, 6.45) is 2.53. The zero-order chi connectivity index (χ0) is 24.7. The second-order valence-corrected chi connectivity index (χ2v) is 9.86. The molecule has 0 bridgehead atoms. The molecule has 0 radical (unpaired) electrons. The number of carbonyl (C=O) groups is 2. The molecule has 0 saturated heterocycles. The normalized spacial score (nSPS) is 11.0. The number of hydrogen-bond donors (Lipinski definition) is 0. The summed E-state index contributed by atoms with van der Waals surface area (Å²) in [4.78, 5) is 23.8. The highest BCUT2D eigenvalue weighted by atomic mass is 35.5. The molecular weight excluding hydrogens is 474 g/mol. The second kappa shape index (κ2) is 11.1. The number of ether oxygens (including phenoxy) is 1. The molecule has 0 amide bonds. The minimum atomic E-state index is -3.99. The van der Waals surface area contributed by atoms with Gasteiger partial charge in [-0.15, -0.1) is 6.58 Å². The highest BCUT2D eigenvalue weighted by Crippen LogP contribution is 2.26. The average Bonchev–Trinajstić information content (AvgIpc) is 2.82. The van der Waals surface area contributed by atoms with Crippen LogP contribution in [0.4, 0.5) is 5.69 Å². The summed E-state index contributed by atoms with van der Waals surface area (Å²) in [5.74, 6) is -0.261. The predicted octanol–water partition coefficient (Wildman–Crippen LogP) is 5.46. The molecule has 8 heteroatoms. The first-order valence-electron chi connectivity index (χ1n) is 10.5. The van der Waals surface area contributed by atoms with Crippen molar-refractivity contribution in [1.29, 1.82) is 0 Å². The van der Waals surface area contributed by atoms with Gasteiger partial charge < -0.3 is 9.53 Å². The minimum Gasteiger partial charge on any atom is -0.423 e. The zero-order valence-electron chi connectivity index (χ0n) is 18.6. The van der Waals surface area contributed by atoms with E-state index >= 15 is 0 Å². The lowest BCUT2D eigenvalue weighted by Gasteiger charge is -2.23. The van der Waals surface area contributed by atoms with E-state index in [9.17, 15) is 18.0 Å². The summed E-state index contributed by atoms with van der Waals surface area (Å²) in [5, 5.41) is 0.483. The minimum absolute atomic E-state index is 0.0363. The summed E-state index contributed by atoms with van der Waals surface area (Å²) >= 11 is 5.93. The Balaban J connectivity index is 1.81. The van der Waals surface area contributed by atoms with Gasteiger partial charge >= 0.3 is 5.97 Å². The van der Waals surface area contributed by atoms with Gasteiger partial charge in [-0.2, -0.15) is 0 Å². The first-order valence-corrected chi connectivity index (χ1v) is 12.3. The van der Waals surface area contributed by atoms with Crippen LogP contribution in [0.1, 0.15) is 29.3 Å². The molecule has 3 rings (SSSR count). The van der Waals surface area contributed by atoms with E-state index in [1.165, 1.54) is 41.6 Å². The van der Waals surface area contributed by atoms with Crippen LogP contribution in [0, 0.1) is 0 Å². The molecule has 0 aliphatic rings. The number of Topliss-reactive ketones (excluding diaryl/α,β-unsaturated/α-hetero) is 1. The topological polar surface area (TPSA) is 80.8 Å². The lowest BCUT2D eigenvalue weighted by atomic mass is 10.1. The smallest absolute Gasteiger partial charge is 0.343 e. The second-order valence-electron chi connectivity index (χ2n) is 7.56. The van der Waals surface area contributed by atoms with Crippen molar-refractivity contribution in [3.63, 3.8) is 0 Å². The summed E-state index contributed by atoms with van der Waals surface area (Å²) < 4.78 is 33.3. The quantitative estimate of drug-likeness (QED) is 0.211. The monoisotopic (exact) mass is 497 g/mol. The lowest BCUT2D eigenvalue weighted by molar-refractivity contribution is -0.116. The van der Waals surface area contributed by atoms with Crippen molar-refractivity contribution < 1.29 is 22.7 Å². The molecule has 34 heavy (non-hydrogen) atoms. The molecule has 0 aliphatic heterocycles. The maximum Gasteiger partial charge on any atom is 0.343 e. The van der Waals surface area contributed by atoms with Crippen molar-refractivity contribution in [3.05, 3.63) is 102 Å². The molecular formula is C26H24ClNO5S. The number of carbonyl (C=O) groups excluding carboxylic acids is 2. The van der Waals surface area contributed by atoms with Crippen molar-refractivity contribution in [2.75, 3.05) is 10.8 Å². The van der Waals surface area contributed by atoms with Crippen LogP contribution in [0.25, 0.3) is 0 Å². The number of anilines is 1. The third-order valence-corrected chi connectivity index (χ3v) is 7.01. The SMILES string of the molecule is C=CCN(c1ccc(Cl)cc1)S(=O)(=O)c1cccc(C(=O)Oc2ccc(CCC(C)=O)cc2)c1. The van der Waals surface area contributed by atoms with Crippen LogP contribution >= 0.6 is 11.6 Å². The maximum absolute atomic E-state index is 13.4. The highest BCUT2D eigenvalue weighted by Gasteiger charge is 2.25. The Bertz CT molecular complexity index is 1290. The Morgan fingerprint density at radius 3 is 2.32 bits per heavy atom. The molecule has 0 aliphatic carbocycles. The molecule has 3 aromatic rings. The van der Waals surface area contributed by atoms with Gasteiger partial charge in [-0.3, -0.25) is 4.31 Å². The van der Waals surface area contributed by atoms with Crippen LogP contribution in [-0.4, -0.2) is 26.7 Å². The third kappa shape index (κ3) is 6.34. The van der Waals surface area contributed by atoms with E-state index in [0.717, 1.165) is 5.56 Å². The van der Waals surface area contributed by atoms with Crippen molar-refractivity contribution in [2.45, 2.75) is 24.7 Å². The third-order valence-electron chi connectivity index (χ3n) is 4.97. The Morgan fingerprint density at radius 1 is 1.03 bits per heavy atom. The molecule has 176 valence electrons. The van der Waals surface area contributed by atoms with E-state index in [1.807, 2.05) is 0 Å². The molecule has 6 nitrogen and oxygen atoms in total. The van der Waals surface area contributed by atoms with Crippen LogP contribution in [0.3, 0.4) is 0 Å². The Hall–Kier alpha value is -3.42. The number of ketones is 1. The first-order chi connectivity index (χ1) is 16.2. The fraction of sp³-hybridized carbons (Fsp3) is 0.154. The van der Waals surface area contributed by atoms with Gasteiger partial charge in [0.15, 0.2) is 0 Å². The molecule has 0 saturated carbocycles. The highest BCUT2D eigenvalue weighted by molar-refractivity contribution is 7.92.